The molecular formula is C26H18Cl2FN3O4. The van der Waals surface area contributed by atoms with Crippen molar-refractivity contribution in [1.82, 2.24) is 5.32 Å². The number of carbonyl (C=O) groups is 3. The molecule has 3 aliphatic rings. The Kier molecular flexibility index (Phi) is 5.12. The van der Waals surface area contributed by atoms with Gasteiger partial charge in [-0.05, 0) is 60.5 Å². The number of amides is 3. The summed E-state index contributed by atoms with van der Waals surface area (Å²) < 4.78 is 14.4. The molecule has 0 saturated carbocycles. The summed E-state index contributed by atoms with van der Waals surface area (Å²) >= 11 is 12.2. The van der Waals surface area contributed by atoms with Gasteiger partial charge in [-0.1, -0.05) is 35.3 Å². The van der Waals surface area contributed by atoms with Crippen molar-refractivity contribution in [3.05, 3.63) is 87.7 Å². The minimum atomic E-state index is -1.64. The molecule has 0 unspecified atom stereocenters. The van der Waals surface area contributed by atoms with Gasteiger partial charge < -0.3 is 10.4 Å². The van der Waals surface area contributed by atoms with E-state index >= 15 is 0 Å². The zero-order valence-corrected chi connectivity index (χ0v) is 20.0. The van der Waals surface area contributed by atoms with Gasteiger partial charge in [0, 0.05) is 17.3 Å². The molecule has 2 fully saturated rings. The fraction of sp³-hybridized carbons (Fsp3) is 0.192. The van der Waals surface area contributed by atoms with Gasteiger partial charge in [0.15, 0.2) is 0 Å². The Balaban J connectivity index is 1.50. The number of halogens is 3. The second kappa shape index (κ2) is 8.03. The molecule has 3 aromatic rings. The van der Waals surface area contributed by atoms with Crippen LogP contribution in [-0.4, -0.2) is 28.9 Å². The van der Waals surface area contributed by atoms with E-state index in [2.05, 4.69) is 10.6 Å². The van der Waals surface area contributed by atoms with E-state index in [1.807, 2.05) is 0 Å². The molecule has 0 aromatic heterocycles. The third-order valence-corrected chi connectivity index (χ3v) is 7.97. The lowest BCUT2D eigenvalue weighted by molar-refractivity contribution is -0.130. The number of nitrogens with one attached hydrogen (secondary N) is 2. The predicted molar refractivity (Wildman–Crippen MR) is 131 cm³/mol. The quantitative estimate of drug-likeness (QED) is 0.449. The van der Waals surface area contributed by atoms with Gasteiger partial charge in [0.05, 0.1) is 27.6 Å². The van der Waals surface area contributed by atoms with Gasteiger partial charge in [-0.25, -0.2) is 9.29 Å². The Labute approximate surface area is 214 Å². The van der Waals surface area contributed by atoms with Gasteiger partial charge in [-0.15, -0.1) is 0 Å². The summed E-state index contributed by atoms with van der Waals surface area (Å²) in [6, 6.07) is 14.1. The number of phenolic OH excluding ortho intramolecular Hbond substituents is 1. The van der Waals surface area contributed by atoms with Crippen LogP contribution in [0.3, 0.4) is 0 Å². The van der Waals surface area contributed by atoms with Crippen LogP contribution >= 0.6 is 23.2 Å². The van der Waals surface area contributed by atoms with E-state index in [9.17, 15) is 23.9 Å². The van der Waals surface area contributed by atoms with Crippen LogP contribution < -0.4 is 15.5 Å². The average Bonchev–Trinajstić information content (AvgIpc) is 3.42. The molecule has 0 bridgehead atoms. The van der Waals surface area contributed by atoms with Crippen molar-refractivity contribution in [2.24, 2.45) is 11.8 Å². The van der Waals surface area contributed by atoms with Crippen molar-refractivity contribution in [3.63, 3.8) is 0 Å². The first-order chi connectivity index (χ1) is 17.2. The fourth-order valence-corrected chi connectivity index (χ4v) is 6.01. The van der Waals surface area contributed by atoms with Crippen LogP contribution in [0.5, 0.6) is 5.75 Å². The van der Waals surface area contributed by atoms with Gasteiger partial charge >= 0.3 is 0 Å². The summed E-state index contributed by atoms with van der Waals surface area (Å²) in [5.41, 5.74) is 0.0536. The standard InChI is InChI=1S/C26H18Cl2FN3O4/c27-17-7-4-14(11-18(17)28)32-23(34)21-20(9-12-1-5-15(33)6-2-12)31-26(22(21)24(32)35)16-10-13(29)3-8-19(16)30-25(26)36/h1-8,10-11,20-22,31,33H,9H2,(H,30,36)/t20-,21+,22-,26+/m0/s1. The highest BCUT2D eigenvalue weighted by Crippen LogP contribution is 2.54. The molecule has 1 spiro atoms. The van der Waals surface area contributed by atoms with E-state index in [-0.39, 0.29) is 33.5 Å². The van der Waals surface area contributed by atoms with Crippen molar-refractivity contribution in [2.75, 3.05) is 10.2 Å². The fourth-order valence-electron chi connectivity index (χ4n) is 5.71. The molecule has 3 aliphatic heterocycles. The van der Waals surface area contributed by atoms with Crippen molar-refractivity contribution in [2.45, 2.75) is 18.0 Å². The Morgan fingerprint density at radius 1 is 0.944 bits per heavy atom. The van der Waals surface area contributed by atoms with Crippen LogP contribution in [0.15, 0.2) is 60.7 Å². The molecular weight excluding hydrogens is 508 g/mol. The van der Waals surface area contributed by atoms with Crippen LogP contribution in [0.1, 0.15) is 11.1 Å². The van der Waals surface area contributed by atoms with Crippen LogP contribution in [0.4, 0.5) is 15.8 Å². The molecule has 7 nitrogen and oxygen atoms in total. The Morgan fingerprint density at radius 2 is 1.69 bits per heavy atom. The first-order valence-corrected chi connectivity index (χ1v) is 12.0. The Bertz CT molecular complexity index is 1460. The van der Waals surface area contributed by atoms with E-state index < -0.39 is 47.0 Å². The van der Waals surface area contributed by atoms with Crippen molar-refractivity contribution in [3.8, 4) is 5.75 Å². The number of rotatable bonds is 3. The van der Waals surface area contributed by atoms with Gasteiger partial charge in [0.25, 0.3) is 0 Å². The van der Waals surface area contributed by atoms with Gasteiger partial charge in [0.1, 0.15) is 17.1 Å². The first-order valence-electron chi connectivity index (χ1n) is 11.2. The zero-order chi connectivity index (χ0) is 25.4. The smallest absolute Gasteiger partial charge is 0.250 e. The van der Waals surface area contributed by atoms with Crippen LogP contribution in [0.25, 0.3) is 0 Å². The molecule has 3 amide bonds. The summed E-state index contributed by atoms with van der Waals surface area (Å²) in [5.74, 6) is -4.12. The lowest BCUT2D eigenvalue weighted by Gasteiger charge is -2.29. The molecule has 0 radical (unpaired) electrons. The summed E-state index contributed by atoms with van der Waals surface area (Å²) in [4.78, 5) is 42.3. The summed E-state index contributed by atoms with van der Waals surface area (Å²) in [6.45, 7) is 0. The highest BCUT2D eigenvalue weighted by atomic mass is 35.5. The Hall–Kier alpha value is -3.46. The molecule has 0 aliphatic carbocycles. The van der Waals surface area contributed by atoms with Gasteiger partial charge in [-0.2, -0.15) is 0 Å². The summed E-state index contributed by atoms with van der Waals surface area (Å²) in [5, 5.41) is 16.1. The number of nitrogens with zero attached hydrogens (tertiary/aromatic N) is 1. The molecule has 3 aromatic carbocycles. The molecule has 6 rings (SSSR count). The average molecular weight is 526 g/mol. The monoisotopic (exact) mass is 525 g/mol. The third kappa shape index (κ3) is 3.18. The maximum atomic E-state index is 14.4. The lowest BCUT2D eigenvalue weighted by Crippen LogP contribution is -2.53. The van der Waals surface area contributed by atoms with Crippen LogP contribution in [0.2, 0.25) is 10.0 Å². The number of benzene rings is 3. The van der Waals surface area contributed by atoms with Gasteiger partial charge in [0.2, 0.25) is 17.7 Å². The number of phenols is 1. The Morgan fingerprint density at radius 3 is 2.42 bits per heavy atom. The first kappa shape index (κ1) is 23.0. The second-order valence-electron chi connectivity index (χ2n) is 9.19. The van der Waals surface area contributed by atoms with E-state index in [1.165, 1.54) is 48.5 Å². The third-order valence-electron chi connectivity index (χ3n) is 7.23. The highest BCUT2D eigenvalue weighted by Gasteiger charge is 2.70. The maximum absolute atomic E-state index is 14.4. The normalized spacial score (nSPS) is 26.5. The van der Waals surface area contributed by atoms with Crippen molar-refractivity contribution < 1.29 is 23.9 Å². The number of anilines is 2. The minimum Gasteiger partial charge on any atom is -0.508 e. The predicted octanol–water partition coefficient (Wildman–Crippen LogP) is 4.01. The van der Waals surface area contributed by atoms with E-state index in [1.54, 1.807) is 12.1 Å². The number of carbonyl (C=O) groups excluding carboxylic acids is 3. The molecule has 3 heterocycles. The second-order valence-corrected chi connectivity index (χ2v) is 10.0. The maximum Gasteiger partial charge on any atom is 0.250 e. The summed E-state index contributed by atoms with van der Waals surface area (Å²) in [6.07, 6.45) is 0.287. The molecule has 2 saturated heterocycles. The van der Waals surface area contributed by atoms with Gasteiger partial charge in [-0.3, -0.25) is 19.7 Å². The van der Waals surface area contributed by atoms with Crippen molar-refractivity contribution >= 4 is 52.3 Å². The molecule has 182 valence electrons. The minimum absolute atomic E-state index is 0.0879. The number of hydrogen-bond acceptors (Lipinski definition) is 5. The zero-order valence-electron chi connectivity index (χ0n) is 18.5. The lowest BCUT2D eigenvalue weighted by atomic mass is 9.76. The summed E-state index contributed by atoms with van der Waals surface area (Å²) in [7, 11) is 0. The number of fused-ring (bicyclic) bond motifs is 4. The molecule has 3 N–H and O–H groups in total. The van der Waals surface area contributed by atoms with Crippen LogP contribution in [0, 0.1) is 17.7 Å². The molecule has 4 atom stereocenters. The molecule has 36 heavy (non-hydrogen) atoms. The van der Waals surface area contributed by atoms with Crippen molar-refractivity contribution in [1.29, 1.82) is 0 Å². The van der Waals surface area contributed by atoms with E-state index in [0.29, 0.717) is 5.69 Å². The topological polar surface area (TPSA) is 98.7 Å². The number of imide groups is 1. The van der Waals surface area contributed by atoms with E-state index in [4.69, 9.17) is 23.2 Å². The van der Waals surface area contributed by atoms with E-state index in [0.717, 1.165) is 10.5 Å². The van der Waals surface area contributed by atoms with Crippen LogP contribution in [-0.2, 0) is 26.3 Å². The molecule has 10 heteroatoms. The number of aromatic hydroxyl groups is 1. The number of hydrogen-bond donors (Lipinski definition) is 3. The highest BCUT2D eigenvalue weighted by molar-refractivity contribution is 6.42. The SMILES string of the molecule is O=C1[C@@H]2[C@H](Cc3ccc(O)cc3)N[C@@]3(C(=O)Nc4ccc(F)cc43)[C@@H]2C(=O)N1c1ccc(Cl)c(Cl)c1. The largest absolute Gasteiger partial charge is 0.508 e.